The summed E-state index contributed by atoms with van der Waals surface area (Å²) in [5, 5.41) is 4.46. The van der Waals surface area contributed by atoms with Crippen LogP contribution >= 0.6 is 11.3 Å². The van der Waals surface area contributed by atoms with Gasteiger partial charge in [0.2, 0.25) is 8.32 Å². The van der Waals surface area contributed by atoms with E-state index in [1.807, 2.05) is 13.1 Å². The first-order valence-corrected chi connectivity index (χ1v) is 9.28. The van der Waals surface area contributed by atoms with Crippen LogP contribution in [0.5, 0.6) is 0 Å². The molecule has 2 aromatic rings. The first-order chi connectivity index (χ1) is 7.52. The SMILES string of the molecule is C[Si](C)(O)c1csc2ccc(CCN)cc12. The second-order valence-electron chi connectivity index (χ2n) is 4.58. The van der Waals surface area contributed by atoms with Crippen LogP contribution in [0.4, 0.5) is 0 Å². The monoisotopic (exact) mass is 251 g/mol. The van der Waals surface area contributed by atoms with Crippen molar-refractivity contribution in [2.45, 2.75) is 19.5 Å². The number of rotatable bonds is 3. The molecule has 0 spiro atoms. The van der Waals surface area contributed by atoms with Crippen LogP contribution in [0.2, 0.25) is 13.1 Å². The Labute approximate surface area is 101 Å². The smallest absolute Gasteiger partial charge is 0.215 e. The van der Waals surface area contributed by atoms with E-state index in [-0.39, 0.29) is 0 Å². The van der Waals surface area contributed by atoms with Crippen molar-refractivity contribution in [1.82, 2.24) is 0 Å². The molecule has 0 saturated carbocycles. The van der Waals surface area contributed by atoms with Crippen LogP contribution in [0.15, 0.2) is 23.6 Å². The fourth-order valence-electron chi connectivity index (χ4n) is 1.87. The Morgan fingerprint density at radius 3 is 2.75 bits per heavy atom. The van der Waals surface area contributed by atoms with Crippen molar-refractivity contribution in [3.05, 3.63) is 29.1 Å². The molecule has 0 radical (unpaired) electrons. The Bertz CT molecular complexity index is 501. The van der Waals surface area contributed by atoms with Crippen molar-refractivity contribution in [2.24, 2.45) is 5.73 Å². The van der Waals surface area contributed by atoms with Crippen molar-refractivity contribution in [3.8, 4) is 0 Å². The van der Waals surface area contributed by atoms with E-state index in [0.29, 0.717) is 6.54 Å². The standard InChI is InChI=1S/C12H17NOSSi/c1-16(2,14)12-8-15-11-4-3-9(5-6-13)7-10(11)12/h3-4,7-8,14H,5-6,13H2,1-2H3. The van der Waals surface area contributed by atoms with E-state index in [4.69, 9.17) is 5.73 Å². The summed E-state index contributed by atoms with van der Waals surface area (Å²) in [5.74, 6) is 0. The summed E-state index contributed by atoms with van der Waals surface area (Å²) in [6, 6.07) is 6.44. The van der Waals surface area contributed by atoms with Crippen LogP contribution in [-0.2, 0) is 6.42 Å². The Kier molecular flexibility index (Phi) is 3.16. The van der Waals surface area contributed by atoms with Crippen LogP contribution < -0.4 is 10.9 Å². The van der Waals surface area contributed by atoms with Gasteiger partial charge in [0.05, 0.1) is 0 Å². The zero-order valence-corrected chi connectivity index (χ0v) is 11.5. The molecule has 1 aromatic carbocycles. The number of benzene rings is 1. The van der Waals surface area contributed by atoms with Crippen molar-refractivity contribution in [1.29, 1.82) is 0 Å². The van der Waals surface area contributed by atoms with E-state index < -0.39 is 8.32 Å². The van der Waals surface area contributed by atoms with Gasteiger partial charge in [0.1, 0.15) is 0 Å². The fraction of sp³-hybridized carbons (Fsp3) is 0.333. The molecule has 1 heterocycles. The second-order valence-corrected chi connectivity index (χ2v) is 9.15. The van der Waals surface area contributed by atoms with Crippen LogP contribution in [0.1, 0.15) is 5.56 Å². The van der Waals surface area contributed by atoms with Crippen LogP contribution in [0.25, 0.3) is 10.1 Å². The zero-order chi connectivity index (χ0) is 11.8. The summed E-state index contributed by atoms with van der Waals surface area (Å²) in [7, 11) is -2.21. The molecule has 0 unspecified atom stereocenters. The minimum atomic E-state index is -2.21. The lowest BCUT2D eigenvalue weighted by atomic mass is 10.1. The van der Waals surface area contributed by atoms with Crippen LogP contribution in [-0.4, -0.2) is 19.7 Å². The minimum absolute atomic E-state index is 0.672. The fourth-order valence-corrected chi connectivity index (χ4v) is 4.97. The van der Waals surface area contributed by atoms with Gasteiger partial charge in [-0.3, -0.25) is 0 Å². The minimum Gasteiger partial charge on any atom is -0.428 e. The maximum atomic E-state index is 10.2. The highest BCUT2D eigenvalue weighted by molar-refractivity contribution is 7.19. The summed E-state index contributed by atoms with van der Waals surface area (Å²) in [6.45, 7) is 4.60. The Morgan fingerprint density at radius 1 is 1.38 bits per heavy atom. The number of thiophene rings is 1. The molecule has 0 amide bonds. The van der Waals surface area contributed by atoms with E-state index in [1.165, 1.54) is 15.6 Å². The van der Waals surface area contributed by atoms with Gasteiger partial charge < -0.3 is 10.5 Å². The third kappa shape index (κ3) is 2.20. The normalized spacial score (nSPS) is 12.2. The topological polar surface area (TPSA) is 46.2 Å². The maximum Gasteiger partial charge on any atom is 0.215 e. The summed E-state index contributed by atoms with van der Waals surface area (Å²) < 4.78 is 1.25. The molecule has 0 aliphatic rings. The largest absolute Gasteiger partial charge is 0.428 e. The average Bonchev–Trinajstić information content (AvgIpc) is 2.60. The van der Waals surface area contributed by atoms with Crippen molar-refractivity contribution >= 4 is 34.9 Å². The quantitative estimate of drug-likeness (QED) is 0.817. The molecule has 3 N–H and O–H groups in total. The van der Waals surface area contributed by atoms with E-state index in [2.05, 4.69) is 23.6 Å². The lowest BCUT2D eigenvalue weighted by molar-refractivity contribution is 0.569. The first-order valence-electron chi connectivity index (χ1n) is 5.45. The molecule has 2 nitrogen and oxygen atoms in total. The second kappa shape index (κ2) is 4.29. The predicted octanol–water partition coefficient (Wildman–Crippen LogP) is 1.81. The van der Waals surface area contributed by atoms with Crippen molar-refractivity contribution in [3.63, 3.8) is 0 Å². The van der Waals surface area contributed by atoms with E-state index in [9.17, 15) is 4.80 Å². The van der Waals surface area contributed by atoms with Gasteiger partial charge in [0.25, 0.3) is 0 Å². The number of fused-ring (bicyclic) bond motifs is 1. The van der Waals surface area contributed by atoms with Gasteiger partial charge in [-0.25, -0.2) is 0 Å². The number of hydrogen-bond donors (Lipinski definition) is 2. The maximum absolute atomic E-state index is 10.2. The van der Waals surface area contributed by atoms with Crippen molar-refractivity contribution in [2.75, 3.05) is 6.54 Å². The van der Waals surface area contributed by atoms with E-state index in [1.54, 1.807) is 11.3 Å². The Balaban J connectivity index is 2.56. The molecule has 0 fully saturated rings. The van der Waals surface area contributed by atoms with Crippen LogP contribution in [0, 0.1) is 0 Å². The van der Waals surface area contributed by atoms with Gasteiger partial charge in [-0.2, -0.15) is 0 Å². The first kappa shape index (κ1) is 11.8. The van der Waals surface area contributed by atoms with E-state index >= 15 is 0 Å². The van der Waals surface area contributed by atoms with Crippen molar-refractivity contribution < 1.29 is 4.80 Å². The van der Waals surface area contributed by atoms with Crippen LogP contribution in [0.3, 0.4) is 0 Å². The van der Waals surface area contributed by atoms with Gasteiger partial charge in [0.15, 0.2) is 0 Å². The summed E-state index contributed by atoms with van der Waals surface area (Å²) in [5.41, 5.74) is 6.82. The summed E-state index contributed by atoms with van der Waals surface area (Å²) in [4.78, 5) is 10.2. The molecule has 86 valence electrons. The Hall–Kier alpha value is -0.683. The molecule has 1 aromatic heterocycles. The molecule has 0 aliphatic heterocycles. The molecule has 0 bridgehead atoms. The third-order valence-electron chi connectivity index (χ3n) is 2.73. The highest BCUT2D eigenvalue weighted by Crippen LogP contribution is 2.22. The Morgan fingerprint density at radius 2 is 2.12 bits per heavy atom. The third-order valence-corrected chi connectivity index (χ3v) is 5.63. The molecule has 0 atom stereocenters. The summed E-state index contributed by atoms with van der Waals surface area (Å²) >= 11 is 1.71. The molecule has 16 heavy (non-hydrogen) atoms. The zero-order valence-electron chi connectivity index (χ0n) is 9.66. The molecular formula is C12H17NOSSi. The van der Waals surface area contributed by atoms with Gasteiger partial charge >= 0.3 is 0 Å². The molecule has 4 heteroatoms. The van der Waals surface area contributed by atoms with Gasteiger partial charge in [-0.15, -0.1) is 11.3 Å². The molecule has 0 aliphatic carbocycles. The average molecular weight is 251 g/mol. The highest BCUT2D eigenvalue weighted by atomic mass is 32.1. The summed E-state index contributed by atoms with van der Waals surface area (Å²) in [6.07, 6.45) is 0.901. The lowest BCUT2D eigenvalue weighted by Gasteiger charge is -2.13. The number of hydrogen-bond acceptors (Lipinski definition) is 3. The molecule has 2 rings (SSSR count). The van der Waals surface area contributed by atoms with Gasteiger partial charge in [0, 0.05) is 4.70 Å². The lowest BCUT2D eigenvalue weighted by Crippen LogP contribution is -2.40. The predicted molar refractivity (Wildman–Crippen MR) is 73.9 cm³/mol. The molecule has 0 saturated heterocycles. The van der Waals surface area contributed by atoms with Gasteiger partial charge in [-0.05, 0) is 53.6 Å². The molecular weight excluding hydrogens is 234 g/mol. The highest BCUT2D eigenvalue weighted by Gasteiger charge is 2.23. The van der Waals surface area contributed by atoms with Gasteiger partial charge in [-0.1, -0.05) is 12.1 Å². The number of nitrogens with two attached hydrogens (primary N) is 1. The van der Waals surface area contributed by atoms with E-state index in [0.717, 1.165) is 11.6 Å².